The molecule has 0 bridgehead atoms. The molecule has 0 aromatic heterocycles. The SMILES string of the molecule is C=C(/C=C(\CN(C)c1cccc(CN)c1)C(=O)Nc1cc(C(C)c2ccccc2)ccc1F)C(F)(F)F.CCC1CC1. The van der Waals surface area contributed by atoms with E-state index in [4.69, 9.17) is 5.73 Å². The molecule has 0 heterocycles. The first-order chi connectivity index (χ1) is 19.9. The van der Waals surface area contributed by atoms with Gasteiger partial charge in [0.15, 0.2) is 0 Å². The van der Waals surface area contributed by atoms with E-state index in [-0.39, 0.29) is 30.3 Å². The number of nitrogens with one attached hydrogen (secondary N) is 1. The Balaban J connectivity index is 0.000000873. The minimum absolute atomic E-state index is 0.0987. The number of nitrogens with zero attached hydrogens (tertiary/aromatic N) is 1. The maximum Gasteiger partial charge on any atom is 0.415 e. The molecule has 0 aliphatic heterocycles. The summed E-state index contributed by atoms with van der Waals surface area (Å²) in [5, 5.41) is 2.46. The molecule has 1 atom stereocenters. The summed E-state index contributed by atoms with van der Waals surface area (Å²) in [4.78, 5) is 14.8. The van der Waals surface area contributed by atoms with Crippen molar-refractivity contribution in [1.29, 1.82) is 0 Å². The van der Waals surface area contributed by atoms with Crippen LogP contribution in [0.4, 0.5) is 28.9 Å². The number of anilines is 2. The number of likely N-dealkylation sites (N-methyl/N-ethyl adjacent to an activating group) is 1. The van der Waals surface area contributed by atoms with Crippen LogP contribution in [0.1, 0.15) is 55.7 Å². The maximum absolute atomic E-state index is 14.7. The smallest absolute Gasteiger partial charge is 0.370 e. The molecule has 1 amide bonds. The number of nitrogens with two attached hydrogens (primary N) is 1. The molecule has 3 N–H and O–H groups in total. The second-order valence-electron chi connectivity index (χ2n) is 10.6. The molecule has 3 aromatic rings. The zero-order valence-corrected chi connectivity index (χ0v) is 24.3. The highest BCUT2D eigenvalue weighted by atomic mass is 19.4. The van der Waals surface area contributed by atoms with Gasteiger partial charge in [-0.25, -0.2) is 4.39 Å². The van der Waals surface area contributed by atoms with E-state index >= 15 is 0 Å². The van der Waals surface area contributed by atoms with Gasteiger partial charge in [-0.05, 0) is 52.9 Å². The Bertz CT molecular complexity index is 1380. The molecule has 4 nitrogen and oxygen atoms in total. The van der Waals surface area contributed by atoms with Crippen LogP contribution in [0, 0.1) is 11.7 Å². The average Bonchev–Trinajstić information content (AvgIpc) is 3.83. The fraction of sp³-hybridized carbons (Fsp3) is 0.324. The van der Waals surface area contributed by atoms with Crippen molar-refractivity contribution in [2.75, 3.05) is 23.8 Å². The van der Waals surface area contributed by atoms with Crippen molar-refractivity contribution in [2.24, 2.45) is 11.7 Å². The molecular formula is C34H39F4N3O. The van der Waals surface area contributed by atoms with Gasteiger partial charge in [-0.2, -0.15) is 13.2 Å². The summed E-state index contributed by atoms with van der Waals surface area (Å²) < 4.78 is 54.5. The Morgan fingerprint density at radius 2 is 1.76 bits per heavy atom. The zero-order valence-electron chi connectivity index (χ0n) is 24.3. The van der Waals surface area contributed by atoms with Crippen LogP contribution in [-0.4, -0.2) is 25.7 Å². The lowest BCUT2D eigenvalue weighted by Crippen LogP contribution is -2.28. The van der Waals surface area contributed by atoms with E-state index in [9.17, 15) is 22.4 Å². The Labute approximate surface area is 245 Å². The van der Waals surface area contributed by atoms with Crippen molar-refractivity contribution in [3.8, 4) is 0 Å². The van der Waals surface area contributed by atoms with Crippen LogP contribution >= 0.6 is 0 Å². The minimum Gasteiger partial charge on any atom is -0.370 e. The highest BCUT2D eigenvalue weighted by Crippen LogP contribution is 2.31. The van der Waals surface area contributed by atoms with Crippen molar-refractivity contribution >= 4 is 17.3 Å². The summed E-state index contributed by atoms with van der Waals surface area (Å²) in [6.07, 6.45) is 0.403. The second-order valence-corrected chi connectivity index (χ2v) is 10.6. The standard InChI is InChI=1S/C29H29F4N3O.C5H10/c1-19(29(31,32)33)14-24(18-36(3)25-11-7-8-21(15-25)17-34)28(37)35-27-16-23(12-13-26(27)30)20(2)22-9-5-4-6-10-22;1-2-5-3-4-5/h4-16,20H,1,17-18,34H2,2-3H3,(H,35,37);5H,2-4H2,1H3/b24-14+;. The summed E-state index contributed by atoms with van der Waals surface area (Å²) in [6.45, 7) is 7.36. The fourth-order valence-corrected chi connectivity index (χ4v) is 4.31. The summed E-state index contributed by atoms with van der Waals surface area (Å²) >= 11 is 0. The first kappa shape index (κ1) is 32.6. The molecule has 1 aliphatic carbocycles. The van der Waals surface area contributed by atoms with Gasteiger partial charge in [-0.3, -0.25) is 4.79 Å². The van der Waals surface area contributed by atoms with E-state index in [1.165, 1.54) is 31.4 Å². The summed E-state index contributed by atoms with van der Waals surface area (Å²) in [6, 6.07) is 21.0. The van der Waals surface area contributed by atoms with E-state index in [1.54, 1.807) is 36.2 Å². The van der Waals surface area contributed by atoms with Gasteiger partial charge in [0.05, 0.1) is 5.69 Å². The third kappa shape index (κ3) is 9.58. The molecule has 4 rings (SSSR count). The van der Waals surface area contributed by atoms with Gasteiger partial charge in [0.25, 0.3) is 5.91 Å². The molecular weight excluding hydrogens is 542 g/mol. The number of allylic oxidation sites excluding steroid dienone is 2. The number of hydrogen-bond acceptors (Lipinski definition) is 3. The van der Waals surface area contributed by atoms with Crippen molar-refractivity contribution in [3.63, 3.8) is 0 Å². The van der Waals surface area contributed by atoms with Gasteiger partial charge in [0.2, 0.25) is 0 Å². The average molecular weight is 582 g/mol. The van der Waals surface area contributed by atoms with Crippen LogP contribution in [0.3, 0.4) is 0 Å². The van der Waals surface area contributed by atoms with Crippen LogP contribution < -0.4 is 16.0 Å². The predicted molar refractivity (Wildman–Crippen MR) is 163 cm³/mol. The fourth-order valence-electron chi connectivity index (χ4n) is 4.31. The number of carbonyl (C=O) groups is 1. The first-order valence-corrected chi connectivity index (χ1v) is 14.0. The van der Waals surface area contributed by atoms with Crippen molar-refractivity contribution in [1.82, 2.24) is 0 Å². The van der Waals surface area contributed by atoms with Gasteiger partial charge >= 0.3 is 6.18 Å². The number of benzene rings is 3. The van der Waals surface area contributed by atoms with Crippen LogP contribution in [0.2, 0.25) is 0 Å². The van der Waals surface area contributed by atoms with Crippen LogP contribution in [-0.2, 0) is 11.3 Å². The van der Waals surface area contributed by atoms with E-state index in [1.807, 2.05) is 43.3 Å². The maximum atomic E-state index is 14.7. The number of halogens is 4. The highest BCUT2D eigenvalue weighted by molar-refractivity contribution is 6.04. The Kier molecular flexibility index (Phi) is 11.5. The van der Waals surface area contributed by atoms with Gasteiger partial charge in [-0.15, -0.1) is 0 Å². The lowest BCUT2D eigenvalue weighted by molar-refractivity contribution is -0.112. The highest BCUT2D eigenvalue weighted by Gasteiger charge is 2.31. The Morgan fingerprint density at radius 3 is 2.33 bits per heavy atom. The number of carbonyl (C=O) groups excluding carboxylic acids is 1. The second kappa shape index (κ2) is 14.8. The molecule has 42 heavy (non-hydrogen) atoms. The number of rotatable bonds is 10. The molecule has 224 valence electrons. The molecule has 1 fully saturated rings. The van der Waals surface area contributed by atoms with E-state index in [0.29, 0.717) is 11.8 Å². The predicted octanol–water partition coefficient (Wildman–Crippen LogP) is 8.36. The summed E-state index contributed by atoms with van der Waals surface area (Å²) in [7, 11) is 1.63. The van der Waals surface area contributed by atoms with E-state index in [0.717, 1.165) is 22.6 Å². The molecule has 1 unspecified atom stereocenters. The molecule has 0 spiro atoms. The lowest BCUT2D eigenvalue weighted by Gasteiger charge is -2.22. The molecule has 8 heteroatoms. The van der Waals surface area contributed by atoms with Crippen LogP contribution in [0.15, 0.2) is 96.6 Å². The molecule has 1 aliphatic rings. The number of alkyl halides is 3. The topological polar surface area (TPSA) is 58.4 Å². The van der Waals surface area contributed by atoms with E-state index in [2.05, 4.69) is 18.8 Å². The minimum atomic E-state index is -4.72. The monoisotopic (exact) mass is 581 g/mol. The van der Waals surface area contributed by atoms with Crippen molar-refractivity contribution < 1.29 is 22.4 Å². The first-order valence-electron chi connectivity index (χ1n) is 14.0. The zero-order chi connectivity index (χ0) is 30.9. The van der Waals surface area contributed by atoms with Gasteiger partial charge in [0.1, 0.15) is 5.82 Å². The Hall–Kier alpha value is -3.91. The van der Waals surface area contributed by atoms with Gasteiger partial charge < -0.3 is 16.0 Å². The molecule has 0 radical (unpaired) electrons. The number of amides is 1. The largest absolute Gasteiger partial charge is 0.415 e. The van der Waals surface area contributed by atoms with Crippen molar-refractivity contribution in [2.45, 2.75) is 51.7 Å². The lowest BCUT2D eigenvalue weighted by atomic mass is 9.93. The molecule has 3 aromatic carbocycles. The van der Waals surface area contributed by atoms with Crippen molar-refractivity contribution in [3.05, 3.63) is 119 Å². The number of hydrogen-bond donors (Lipinski definition) is 2. The van der Waals surface area contributed by atoms with Gasteiger partial charge in [0, 0.05) is 42.9 Å². The quantitative estimate of drug-likeness (QED) is 0.144. The third-order valence-corrected chi connectivity index (χ3v) is 7.31. The van der Waals surface area contributed by atoms with E-state index < -0.39 is 23.5 Å². The molecule has 1 saturated carbocycles. The Morgan fingerprint density at radius 1 is 1.07 bits per heavy atom. The van der Waals surface area contributed by atoms with Crippen LogP contribution in [0.25, 0.3) is 0 Å². The normalized spacial score (nSPS) is 14.0. The third-order valence-electron chi connectivity index (χ3n) is 7.31. The summed E-state index contributed by atoms with van der Waals surface area (Å²) in [5.41, 5.74) is 7.36. The van der Waals surface area contributed by atoms with Crippen LogP contribution in [0.5, 0.6) is 0 Å². The summed E-state index contributed by atoms with van der Waals surface area (Å²) in [5.74, 6) is -0.528. The van der Waals surface area contributed by atoms with Gasteiger partial charge in [-0.1, -0.05) is 88.2 Å². The molecule has 0 saturated heterocycles.